The number of hydrogen-bond acceptors (Lipinski definition) is 5. The number of thiophene rings is 1. The predicted molar refractivity (Wildman–Crippen MR) is 94.0 cm³/mol. The number of rotatable bonds is 8. The summed E-state index contributed by atoms with van der Waals surface area (Å²) in [7, 11) is 0. The number of benzene rings is 1. The van der Waals surface area contributed by atoms with Crippen LogP contribution in [0.25, 0.3) is 0 Å². The minimum Gasteiger partial charge on any atom is -0.492 e. The van der Waals surface area contributed by atoms with Crippen LogP contribution in [0.15, 0.2) is 41.8 Å². The Balaban J connectivity index is 1.94. The van der Waals surface area contributed by atoms with Crippen LogP contribution >= 0.6 is 11.3 Å². The lowest BCUT2D eigenvalue weighted by Gasteiger charge is -2.16. The Bertz CT molecular complexity index is 658. The van der Waals surface area contributed by atoms with Crippen LogP contribution in [0.5, 0.6) is 5.75 Å². The Labute approximate surface area is 144 Å². The van der Waals surface area contributed by atoms with Crippen LogP contribution in [-0.4, -0.2) is 25.1 Å². The molecule has 3 amide bonds. The Morgan fingerprint density at radius 3 is 2.54 bits per heavy atom. The minimum atomic E-state index is -0.664. The summed E-state index contributed by atoms with van der Waals surface area (Å²) in [5, 5.41) is 7.25. The number of hydrogen-bond donors (Lipinski definition) is 4. The van der Waals surface area contributed by atoms with Crippen molar-refractivity contribution in [1.82, 2.24) is 5.32 Å². The van der Waals surface area contributed by atoms with Gasteiger partial charge in [-0.15, -0.1) is 11.3 Å². The first kappa shape index (κ1) is 17.8. The smallest absolute Gasteiger partial charge is 0.312 e. The molecule has 0 aliphatic rings. The normalized spacial score (nSPS) is 11.5. The van der Waals surface area contributed by atoms with E-state index in [0.717, 1.165) is 4.88 Å². The van der Waals surface area contributed by atoms with Gasteiger partial charge in [-0.25, -0.2) is 4.79 Å². The van der Waals surface area contributed by atoms with Crippen molar-refractivity contribution in [1.29, 1.82) is 0 Å². The molecule has 1 aromatic heterocycles. The van der Waals surface area contributed by atoms with Gasteiger partial charge in [0.05, 0.1) is 12.5 Å². The summed E-state index contributed by atoms with van der Waals surface area (Å²) >= 11 is 1.45. The van der Waals surface area contributed by atoms with Gasteiger partial charge in [-0.3, -0.25) is 4.79 Å². The molecule has 0 aliphatic heterocycles. The van der Waals surface area contributed by atoms with Gasteiger partial charge in [0.15, 0.2) is 0 Å². The second kappa shape index (κ2) is 8.90. The van der Waals surface area contributed by atoms with Gasteiger partial charge in [-0.2, -0.15) is 0 Å². The molecular formula is C16H20N4O3S. The maximum atomic E-state index is 12.2. The van der Waals surface area contributed by atoms with Crippen molar-refractivity contribution >= 4 is 29.0 Å². The Kier molecular flexibility index (Phi) is 6.59. The van der Waals surface area contributed by atoms with E-state index in [9.17, 15) is 9.59 Å². The molecule has 0 bridgehead atoms. The molecule has 0 spiro atoms. The number of nitrogens with two attached hydrogens (primary N) is 2. The molecule has 7 nitrogen and oxygen atoms in total. The van der Waals surface area contributed by atoms with Crippen LogP contribution in [0, 0.1) is 0 Å². The molecule has 6 N–H and O–H groups in total. The van der Waals surface area contributed by atoms with Crippen molar-refractivity contribution in [2.45, 2.75) is 12.5 Å². The van der Waals surface area contributed by atoms with Gasteiger partial charge in [-0.05, 0) is 35.7 Å². The molecule has 1 aromatic carbocycles. The van der Waals surface area contributed by atoms with Crippen LogP contribution < -0.4 is 26.8 Å². The summed E-state index contributed by atoms with van der Waals surface area (Å²) < 4.78 is 5.37. The number of nitrogens with one attached hydrogen (secondary N) is 2. The molecule has 1 unspecified atom stereocenters. The number of ether oxygens (including phenoxy) is 1. The fraction of sp³-hybridized carbons (Fsp3) is 0.250. The molecule has 0 radical (unpaired) electrons. The van der Waals surface area contributed by atoms with Gasteiger partial charge < -0.3 is 26.8 Å². The summed E-state index contributed by atoms with van der Waals surface area (Å²) in [5.41, 5.74) is 11.2. The summed E-state index contributed by atoms with van der Waals surface area (Å²) in [6, 6.07) is 9.58. The van der Waals surface area contributed by atoms with Gasteiger partial charge in [0.25, 0.3) is 0 Å². The average Bonchev–Trinajstić information content (AvgIpc) is 3.07. The minimum absolute atomic E-state index is 0.0921. The molecular weight excluding hydrogens is 328 g/mol. The van der Waals surface area contributed by atoms with Gasteiger partial charge in [-0.1, -0.05) is 6.07 Å². The topological polar surface area (TPSA) is 119 Å². The average molecular weight is 348 g/mol. The van der Waals surface area contributed by atoms with Crippen molar-refractivity contribution in [3.63, 3.8) is 0 Å². The van der Waals surface area contributed by atoms with Crippen LogP contribution in [0.4, 0.5) is 10.5 Å². The Morgan fingerprint density at radius 2 is 1.96 bits per heavy atom. The van der Waals surface area contributed by atoms with E-state index in [0.29, 0.717) is 24.6 Å². The summed E-state index contributed by atoms with van der Waals surface area (Å²) in [6.07, 6.45) is 0.0921. The van der Waals surface area contributed by atoms with Crippen molar-refractivity contribution in [3.8, 4) is 5.75 Å². The zero-order valence-electron chi connectivity index (χ0n) is 13.0. The van der Waals surface area contributed by atoms with Crippen LogP contribution in [0.2, 0.25) is 0 Å². The van der Waals surface area contributed by atoms with Gasteiger partial charge in [0.2, 0.25) is 5.91 Å². The Hall–Kier alpha value is -2.58. The number of carbonyl (C=O) groups is 2. The lowest BCUT2D eigenvalue weighted by molar-refractivity contribution is -0.116. The zero-order valence-corrected chi connectivity index (χ0v) is 13.8. The SMILES string of the molecule is NCCOc1ccc(NC(=O)CC(NC(N)=O)c2cccs2)cc1. The highest BCUT2D eigenvalue weighted by molar-refractivity contribution is 7.10. The maximum absolute atomic E-state index is 12.2. The van der Waals surface area contributed by atoms with E-state index in [-0.39, 0.29) is 12.3 Å². The summed E-state index contributed by atoms with van der Waals surface area (Å²) in [6.45, 7) is 0.877. The van der Waals surface area contributed by atoms with Gasteiger partial charge in [0, 0.05) is 17.1 Å². The largest absolute Gasteiger partial charge is 0.492 e. The lowest BCUT2D eigenvalue weighted by Crippen LogP contribution is -2.34. The zero-order chi connectivity index (χ0) is 17.4. The number of urea groups is 1. The van der Waals surface area contributed by atoms with Crippen LogP contribution in [0.3, 0.4) is 0 Å². The van der Waals surface area contributed by atoms with Gasteiger partial charge in [0.1, 0.15) is 12.4 Å². The van der Waals surface area contributed by atoms with Crippen LogP contribution in [-0.2, 0) is 4.79 Å². The van der Waals surface area contributed by atoms with Crippen molar-refractivity contribution in [3.05, 3.63) is 46.7 Å². The van der Waals surface area contributed by atoms with E-state index in [2.05, 4.69) is 10.6 Å². The van der Waals surface area contributed by atoms with E-state index in [4.69, 9.17) is 16.2 Å². The van der Waals surface area contributed by atoms with E-state index < -0.39 is 12.1 Å². The lowest BCUT2D eigenvalue weighted by atomic mass is 10.1. The Morgan fingerprint density at radius 1 is 1.21 bits per heavy atom. The fourth-order valence-electron chi connectivity index (χ4n) is 2.09. The quantitative estimate of drug-likeness (QED) is 0.581. The van der Waals surface area contributed by atoms with Crippen molar-refractivity contribution in [2.24, 2.45) is 11.5 Å². The molecule has 1 heterocycles. The molecule has 24 heavy (non-hydrogen) atoms. The number of carbonyl (C=O) groups excluding carboxylic acids is 2. The number of amides is 3. The standard InChI is InChI=1S/C16H20N4O3S/c17-7-8-23-12-5-3-11(4-6-12)19-15(21)10-13(20-16(18)22)14-2-1-9-24-14/h1-6,9,13H,7-8,10,17H2,(H,19,21)(H3,18,20,22). The van der Waals surface area contributed by atoms with E-state index >= 15 is 0 Å². The molecule has 1 atom stereocenters. The van der Waals surface area contributed by atoms with Crippen LogP contribution in [0.1, 0.15) is 17.3 Å². The molecule has 0 aliphatic carbocycles. The van der Waals surface area contributed by atoms with E-state index in [1.54, 1.807) is 24.3 Å². The second-order valence-corrected chi connectivity index (χ2v) is 5.97. The number of primary amides is 1. The molecule has 8 heteroatoms. The highest BCUT2D eigenvalue weighted by Crippen LogP contribution is 2.23. The predicted octanol–water partition coefficient (Wildman–Crippen LogP) is 1.82. The van der Waals surface area contributed by atoms with Crippen molar-refractivity contribution < 1.29 is 14.3 Å². The van der Waals surface area contributed by atoms with Gasteiger partial charge >= 0.3 is 6.03 Å². The third-order valence-corrected chi connectivity index (χ3v) is 4.10. The molecule has 128 valence electrons. The van der Waals surface area contributed by atoms with E-state index in [1.165, 1.54) is 11.3 Å². The third kappa shape index (κ3) is 5.56. The fourth-order valence-corrected chi connectivity index (χ4v) is 2.87. The highest BCUT2D eigenvalue weighted by Gasteiger charge is 2.18. The molecule has 0 fully saturated rings. The highest BCUT2D eigenvalue weighted by atomic mass is 32.1. The maximum Gasteiger partial charge on any atom is 0.312 e. The molecule has 0 saturated carbocycles. The molecule has 2 aromatic rings. The third-order valence-electron chi connectivity index (χ3n) is 3.12. The molecule has 0 saturated heterocycles. The first-order valence-electron chi connectivity index (χ1n) is 7.40. The van der Waals surface area contributed by atoms with Crippen molar-refractivity contribution in [2.75, 3.05) is 18.5 Å². The van der Waals surface area contributed by atoms with E-state index in [1.807, 2.05) is 17.5 Å². The summed E-state index contributed by atoms with van der Waals surface area (Å²) in [5.74, 6) is 0.461. The second-order valence-electron chi connectivity index (χ2n) is 4.99. The first-order chi connectivity index (χ1) is 11.6. The number of anilines is 1. The monoisotopic (exact) mass is 348 g/mol. The molecule has 2 rings (SSSR count). The first-order valence-corrected chi connectivity index (χ1v) is 8.28. The summed E-state index contributed by atoms with van der Waals surface area (Å²) in [4.78, 5) is 24.2.